The van der Waals surface area contributed by atoms with Gasteiger partial charge in [-0.1, -0.05) is 11.3 Å². The highest BCUT2D eigenvalue weighted by atomic mass is 79.9. The zero-order valence-electron chi connectivity index (χ0n) is 10.9. The number of anilines is 1. The number of thiophene rings is 1. The van der Waals surface area contributed by atoms with E-state index in [0.29, 0.717) is 10.0 Å². The molecule has 1 amide bonds. The number of thiazole rings is 1. The summed E-state index contributed by atoms with van der Waals surface area (Å²) < 4.78 is 2.04. The van der Waals surface area contributed by atoms with E-state index in [-0.39, 0.29) is 5.91 Å². The summed E-state index contributed by atoms with van der Waals surface area (Å²) in [4.78, 5) is 17.2. The third-order valence-electron chi connectivity index (χ3n) is 3.02. The van der Waals surface area contributed by atoms with Crippen LogP contribution >= 0.6 is 38.6 Å². The zero-order chi connectivity index (χ0) is 14.3. The average Bonchev–Trinajstić information content (AvgIpc) is 2.96. The van der Waals surface area contributed by atoms with Gasteiger partial charge >= 0.3 is 0 Å². The van der Waals surface area contributed by atoms with Crippen LogP contribution in [-0.2, 0) is 0 Å². The maximum atomic E-state index is 12.1. The predicted octanol–water partition coefficient (Wildman–Crippen LogP) is 4.99. The van der Waals surface area contributed by atoms with Crippen LogP contribution in [0, 0.1) is 13.8 Å². The van der Waals surface area contributed by atoms with Crippen molar-refractivity contribution in [2.75, 3.05) is 5.32 Å². The van der Waals surface area contributed by atoms with Gasteiger partial charge in [-0.2, -0.15) is 0 Å². The Balaban J connectivity index is 1.89. The highest BCUT2D eigenvalue weighted by molar-refractivity contribution is 9.11. The Labute approximate surface area is 132 Å². The SMILES string of the molecule is Cc1cc2nc(NC(=O)c3ccc(Br)s3)sc2cc1C. The molecule has 1 aromatic carbocycles. The summed E-state index contributed by atoms with van der Waals surface area (Å²) >= 11 is 6.26. The molecule has 3 rings (SSSR count). The molecular formula is C14H11BrN2OS2. The van der Waals surface area contributed by atoms with E-state index in [1.807, 2.05) is 6.07 Å². The number of aryl methyl sites for hydroxylation is 2. The van der Waals surface area contributed by atoms with Gasteiger partial charge in [-0.05, 0) is 65.2 Å². The van der Waals surface area contributed by atoms with Crippen LogP contribution in [0.2, 0.25) is 0 Å². The second kappa shape index (κ2) is 5.27. The number of halogens is 1. The average molecular weight is 367 g/mol. The number of benzene rings is 1. The van der Waals surface area contributed by atoms with Crippen molar-refractivity contribution < 1.29 is 4.79 Å². The van der Waals surface area contributed by atoms with Crippen LogP contribution in [0.1, 0.15) is 20.8 Å². The molecule has 102 valence electrons. The van der Waals surface area contributed by atoms with Crippen molar-refractivity contribution >= 4 is 59.9 Å². The summed E-state index contributed by atoms with van der Waals surface area (Å²) in [6.07, 6.45) is 0. The number of nitrogens with one attached hydrogen (secondary N) is 1. The van der Waals surface area contributed by atoms with Gasteiger partial charge in [-0.15, -0.1) is 11.3 Å². The smallest absolute Gasteiger partial charge is 0.267 e. The van der Waals surface area contributed by atoms with Gasteiger partial charge in [0.25, 0.3) is 5.91 Å². The third-order valence-corrected chi connectivity index (χ3v) is 5.58. The summed E-state index contributed by atoms with van der Waals surface area (Å²) in [5.74, 6) is -0.117. The van der Waals surface area contributed by atoms with Crippen LogP contribution in [0.25, 0.3) is 10.2 Å². The van der Waals surface area contributed by atoms with Crippen LogP contribution in [-0.4, -0.2) is 10.9 Å². The maximum absolute atomic E-state index is 12.1. The second-order valence-corrected chi connectivity index (χ2v) is 7.97. The number of hydrogen-bond donors (Lipinski definition) is 1. The van der Waals surface area contributed by atoms with E-state index in [0.717, 1.165) is 14.0 Å². The van der Waals surface area contributed by atoms with E-state index in [1.54, 1.807) is 6.07 Å². The Kier molecular flexibility index (Phi) is 3.62. The Morgan fingerprint density at radius 3 is 2.65 bits per heavy atom. The van der Waals surface area contributed by atoms with Crippen molar-refractivity contribution in [2.24, 2.45) is 0 Å². The lowest BCUT2D eigenvalue weighted by Crippen LogP contribution is -2.09. The molecule has 0 spiro atoms. The summed E-state index contributed by atoms with van der Waals surface area (Å²) in [6, 6.07) is 7.83. The molecule has 0 aliphatic heterocycles. The molecule has 20 heavy (non-hydrogen) atoms. The minimum Gasteiger partial charge on any atom is -0.297 e. The summed E-state index contributed by atoms with van der Waals surface area (Å²) in [7, 11) is 0. The molecule has 0 saturated carbocycles. The van der Waals surface area contributed by atoms with Crippen molar-refractivity contribution in [2.45, 2.75) is 13.8 Å². The fourth-order valence-corrected chi connectivity index (χ4v) is 4.05. The highest BCUT2D eigenvalue weighted by Gasteiger charge is 2.12. The molecule has 1 N–H and O–H groups in total. The Bertz CT molecular complexity index is 768. The number of aromatic nitrogens is 1. The van der Waals surface area contributed by atoms with Gasteiger partial charge in [-0.3, -0.25) is 10.1 Å². The van der Waals surface area contributed by atoms with Gasteiger partial charge in [0.2, 0.25) is 0 Å². The van der Waals surface area contributed by atoms with Crippen molar-refractivity contribution in [1.82, 2.24) is 4.98 Å². The van der Waals surface area contributed by atoms with Gasteiger partial charge in [0.15, 0.2) is 5.13 Å². The van der Waals surface area contributed by atoms with Crippen molar-refractivity contribution in [3.05, 3.63) is 44.1 Å². The van der Waals surface area contributed by atoms with E-state index in [2.05, 4.69) is 52.2 Å². The first-order valence-corrected chi connectivity index (χ1v) is 8.40. The highest BCUT2D eigenvalue weighted by Crippen LogP contribution is 2.29. The molecule has 2 heterocycles. The minimum atomic E-state index is -0.117. The number of hydrogen-bond acceptors (Lipinski definition) is 4. The fraction of sp³-hybridized carbons (Fsp3) is 0.143. The monoisotopic (exact) mass is 366 g/mol. The van der Waals surface area contributed by atoms with E-state index in [1.165, 1.54) is 33.8 Å². The predicted molar refractivity (Wildman–Crippen MR) is 89.1 cm³/mol. The molecule has 0 unspecified atom stereocenters. The number of nitrogens with zero attached hydrogens (tertiary/aromatic N) is 1. The van der Waals surface area contributed by atoms with Crippen molar-refractivity contribution in [3.63, 3.8) is 0 Å². The molecule has 2 aromatic heterocycles. The summed E-state index contributed by atoms with van der Waals surface area (Å²) in [5, 5.41) is 3.50. The summed E-state index contributed by atoms with van der Waals surface area (Å²) in [5.41, 5.74) is 3.38. The van der Waals surface area contributed by atoms with E-state index in [9.17, 15) is 4.79 Å². The quantitative estimate of drug-likeness (QED) is 0.693. The van der Waals surface area contributed by atoms with E-state index in [4.69, 9.17) is 0 Å². The zero-order valence-corrected chi connectivity index (χ0v) is 14.1. The van der Waals surface area contributed by atoms with Crippen LogP contribution in [0.3, 0.4) is 0 Å². The lowest BCUT2D eigenvalue weighted by molar-refractivity contribution is 0.103. The molecule has 0 aliphatic carbocycles. The first kappa shape index (κ1) is 13.7. The first-order valence-electron chi connectivity index (χ1n) is 5.97. The Hall–Kier alpha value is -1.24. The molecule has 6 heteroatoms. The Morgan fingerprint density at radius 1 is 1.20 bits per heavy atom. The van der Waals surface area contributed by atoms with Gasteiger partial charge in [0.05, 0.1) is 18.9 Å². The third kappa shape index (κ3) is 2.63. The number of fused-ring (bicyclic) bond motifs is 1. The van der Waals surface area contributed by atoms with Crippen molar-refractivity contribution in [1.29, 1.82) is 0 Å². The molecule has 3 aromatic rings. The number of amides is 1. The van der Waals surface area contributed by atoms with Crippen molar-refractivity contribution in [3.8, 4) is 0 Å². The molecule has 0 bridgehead atoms. The fourth-order valence-electron chi connectivity index (χ4n) is 1.83. The minimum absolute atomic E-state index is 0.117. The molecule has 3 nitrogen and oxygen atoms in total. The van der Waals surface area contributed by atoms with E-state index < -0.39 is 0 Å². The first-order chi connectivity index (χ1) is 9.52. The number of carbonyl (C=O) groups is 1. The van der Waals surface area contributed by atoms with Gasteiger partial charge in [0, 0.05) is 0 Å². The van der Waals surface area contributed by atoms with Gasteiger partial charge in [0.1, 0.15) is 0 Å². The summed E-state index contributed by atoms with van der Waals surface area (Å²) in [6.45, 7) is 4.14. The van der Waals surface area contributed by atoms with Crippen LogP contribution in [0.4, 0.5) is 5.13 Å². The molecule has 0 fully saturated rings. The molecule has 0 radical (unpaired) electrons. The van der Waals surface area contributed by atoms with Gasteiger partial charge < -0.3 is 0 Å². The van der Waals surface area contributed by atoms with Crippen LogP contribution in [0.15, 0.2) is 28.1 Å². The number of rotatable bonds is 2. The lowest BCUT2D eigenvalue weighted by Gasteiger charge is -1.97. The largest absolute Gasteiger partial charge is 0.297 e. The van der Waals surface area contributed by atoms with E-state index >= 15 is 0 Å². The molecule has 0 atom stereocenters. The molecular weight excluding hydrogens is 356 g/mol. The second-order valence-electron chi connectivity index (χ2n) is 4.48. The standard InChI is InChI=1S/C14H11BrN2OS2/c1-7-5-9-11(6-8(7)2)20-14(16-9)17-13(18)10-3-4-12(15)19-10/h3-6H,1-2H3,(H,16,17,18). The maximum Gasteiger partial charge on any atom is 0.267 e. The topological polar surface area (TPSA) is 42.0 Å². The molecule has 0 aliphatic rings. The lowest BCUT2D eigenvalue weighted by atomic mass is 10.1. The molecule has 0 saturated heterocycles. The van der Waals surface area contributed by atoms with Crippen LogP contribution < -0.4 is 5.32 Å². The van der Waals surface area contributed by atoms with Gasteiger partial charge in [-0.25, -0.2) is 4.98 Å². The normalized spacial score (nSPS) is 10.9. The number of carbonyl (C=O) groups excluding carboxylic acids is 1. The van der Waals surface area contributed by atoms with Crippen LogP contribution in [0.5, 0.6) is 0 Å². The Morgan fingerprint density at radius 2 is 1.95 bits per heavy atom.